The average Bonchev–Trinajstić information content (AvgIpc) is 2.65. The number of carbonyl (C=O) groups excluding carboxylic acids is 2. The number of ether oxygens (including phenoxy) is 1. The number of benzene rings is 2. The van der Waals surface area contributed by atoms with Gasteiger partial charge in [0.25, 0.3) is 17.5 Å². The molecule has 0 spiro atoms. The first kappa shape index (κ1) is 18.7. The number of carbonyl (C=O) groups is 2. The molecule has 0 fully saturated rings. The van der Waals surface area contributed by atoms with Gasteiger partial charge in [-0.25, -0.2) is 0 Å². The first-order chi connectivity index (χ1) is 12.5. The normalized spacial score (nSPS) is 10.3. The summed E-state index contributed by atoms with van der Waals surface area (Å²) in [7, 11) is 0. The SMILES string of the molecule is CCOc1ccccc1/C=C/C(=O)NNC(=O)c1cccc([N+](=O)[O-])c1. The van der Waals surface area contributed by atoms with Crippen LogP contribution in [0, 0.1) is 10.1 Å². The van der Waals surface area contributed by atoms with Crippen LogP contribution in [-0.4, -0.2) is 23.3 Å². The van der Waals surface area contributed by atoms with Crippen LogP contribution in [0.3, 0.4) is 0 Å². The minimum absolute atomic E-state index is 0.0603. The quantitative estimate of drug-likeness (QED) is 0.470. The molecule has 0 unspecified atom stereocenters. The van der Waals surface area contributed by atoms with Crippen molar-refractivity contribution in [3.8, 4) is 5.75 Å². The summed E-state index contributed by atoms with van der Waals surface area (Å²) in [5.74, 6) is -0.583. The predicted molar refractivity (Wildman–Crippen MR) is 95.4 cm³/mol. The smallest absolute Gasteiger partial charge is 0.270 e. The zero-order valence-electron chi connectivity index (χ0n) is 14.0. The molecule has 0 radical (unpaired) electrons. The molecule has 134 valence electrons. The standard InChI is InChI=1S/C18H17N3O5/c1-2-26-16-9-4-3-6-13(16)10-11-17(22)19-20-18(23)14-7-5-8-15(12-14)21(24)25/h3-12H,2H2,1H3,(H,19,22)(H,20,23)/b11-10+. The summed E-state index contributed by atoms with van der Waals surface area (Å²) in [6, 6.07) is 12.4. The number of hydrogen-bond acceptors (Lipinski definition) is 5. The zero-order valence-corrected chi connectivity index (χ0v) is 14.0. The molecule has 0 saturated carbocycles. The van der Waals surface area contributed by atoms with Crippen LogP contribution in [0.5, 0.6) is 5.75 Å². The van der Waals surface area contributed by atoms with Crippen LogP contribution in [0.15, 0.2) is 54.6 Å². The van der Waals surface area contributed by atoms with Crippen LogP contribution in [0.2, 0.25) is 0 Å². The summed E-state index contributed by atoms with van der Waals surface area (Å²) in [4.78, 5) is 33.9. The summed E-state index contributed by atoms with van der Waals surface area (Å²) < 4.78 is 5.45. The van der Waals surface area contributed by atoms with Gasteiger partial charge in [-0.3, -0.25) is 30.6 Å². The van der Waals surface area contributed by atoms with Crippen molar-refractivity contribution in [1.82, 2.24) is 10.9 Å². The Bertz CT molecular complexity index is 848. The van der Waals surface area contributed by atoms with E-state index in [1.165, 1.54) is 24.3 Å². The number of amides is 2. The van der Waals surface area contributed by atoms with Crippen LogP contribution >= 0.6 is 0 Å². The molecule has 0 aliphatic heterocycles. The van der Waals surface area contributed by atoms with Gasteiger partial charge in [-0.15, -0.1) is 0 Å². The Hall–Kier alpha value is -3.68. The fraction of sp³-hybridized carbons (Fsp3) is 0.111. The monoisotopic (exact) mass is 355 g/mol. The Balaban J connectivity index is 1.95. The lowest BCUT2D eigenvalue weighted by Crippen LogP contribution is -2.40. The van der Waals surface area contributed by atoms with Crippen molar-refractivity contribution >= 4 is 23.6 Å². The maximum Gasteiger partial charge on any atom is 0.270 e. The molecule has 0 aliphatic carbocycles. The van der Waals surface area contributed by atoms with Crippen molar-refractivity contribution in [3.05, 3.63) is 75.8 Å². The van der Waals surface area contributed by atoms with Crippen LogP contribution in [0.25, 0.3) is 6.08 Å². The van der Waals surface area contributed by atoms with E-state index >= 15 is 0 Å². The molecule has 2 rings (SSSR count). The summed E-state index contributed by atoms with van der Waals surface area (Å²) in [5, 5.41) is 10.7. The zero-order chi connectivity index (χ0) is 18.9. The number of nitrogens with one attached hydrogen (secondary N) is 2. The van der Waals surface area contributed by atoms with Gasteiger partial charge >= 0.3 is 0 Å². The molecular weight excluding hydrogens is 338 g/mol. The van der Waals surface area contributed by atoms with Crippen LogP contribution in [0.1, 0.15) is 22.8 Å². The fourth-order valence-electron chi connectivity index (χ4n) is 2.06. The second-order valence-corrected chi connectivity index (χ2v) is 5.05. The van der Waals surface area contributed by atoms with Crippen molar-refractivity contribution in [2.45, 2.75) is 6.92 Å². The highest BCUT2D eigenvalue weighted by Gasteiger charge is 2.11. The molecular formula is C18H17N3O5. The third kappa shape index (κ3) is 5.17. The molecule has 0 aromatic heterocycles. The number of nitrogens with zero attached hydrogens (tertiary/aromatic N) is 1. The summed E-state index contributed by atoms with van der Waals surface area (Å²) in [6.07, 6.45) is 2.80. The highest BCUT2D eigenvalue weighted by Crippen LogP contribution is 2.19. The van der Waals surface area contributed by atoms with E-state index in [9.17, 15) is 19.7 Å². The van der Waals surface area contributed by atoms with E-state index in [0.29, 0.717) is 12.4 Å². The molecule has 0 bridgehead atoms. The lowest BCUT2D eigenvalue weighted by Gasteiger charge is -2.07. The van der Waals surface area contributed by atoms with E-state index in [4.69, 9.17) is 4.74 Å². The minimum Gasteiger partial charge on any atom is -0.493 e. The van der Waals surface area contributed by atoms with Gasteiger partial charge in [-0.2, -0.15) is 0 Å². The predicted octanol–water partition coefficient (Wildman–Crippen LogP) is 2.47. The van der Waals surface area contributed by atoms with Crippen molar-refractivity contribution < 1.29 is 19.2 Å². The first-order valence-corrected chi connectivity index (χ1v) is 7.76. The molecule has 0 saturated heterocycles. The van der Waals surface area contributed by atoms with E-state index in [1.807, 2.05) is 19.1 Å². The molecule has 0 aliphatic rings. The molecule has 26 heavy (non-hydrogen) atoms. The van der Waals surface area contributed by atoms with Crippen LogP contribution < -0.4 is 15.6 Å². The number of nitro benzene ring substituents is 1. The first-order valence-electron chi connectivity index (χ1n) is 7.76. The lowest BCUT2D eigenvalue weighted by atomic mass is 10.2. The molecule has 2 amide bonds. The number of nitro groups is 1. The Morgan fingerprint density at radius 3 is 2.65 bits per heavy atom. The minimum atomic E-state index is -0.662. The number of non-ortho nitro benzene ring substituents is 1. The Morgan fingerprint density at radius 2 is 1.92 bits per heavy atom. The third-order valence-corrected chi connectivity index (χ3v) is 3.25. The molecule has 2 N–H and O–H groups in total. The number of para-hydroxylation sites is 1. The highest BCUT2D eigenvalue weighted by molar-refractivity contribution is 5.98. The fourth-order valence-corrected chi connectivity index (χ4v) is 2.06. The van der Waals surface area contributed by atoms with Crippen molar-refractivity contribution in [2.24, 2.45) is 0 Å². The topological polar surface area (TPSA) is 111 Å². The number of hydrazine groups is 1. The van der Waals surface area contributed by atoms with Gasteiger partial charge in [0, 0.05) is 29.3 Å². The third-order valence-electron chi connectivity index (χ3n) is 3.25. The lowest BCUT2D eigenvalue weighted by molar-refractivity contribution is -0.384. The number of rotatable bonds is 6. The summed E-state index contributed by atoms with van der Waals surface area (Å²) >= 11 is 0. The average molecular weight is 355 g/mol. The largest absolute Gasteiger partial charge is 0.493 e. The second-order valence-electron chi connectivity index (χ2n) is 5.05. The van der Waals surface area contributed by atoms with Crippen molar-refractivity contribution in [2.75, 3.05) is 6.61 Å². The Morgan fingerprint density at radius 1 is 1.15 bits per heavy atom. The van der Waals surface area contributed by atoms with E-state index in [2.05, 4.69) is 10.9 Å². The van der Waals surface area contributed by atoms with Gasteiger partial charge in [0.05, 0.1) is 11.5 Å². The highest BCUT2D eigenvalue weighted by atomic mass is 16.6. The van der Waals surface area contributed by atoms with Gasteiger partial charge in [0.15, 0.2) is 0 Å². The van der Waals surface area contributed by atoms with Gasteiger partial charge in [0.2, 0.25) is 0 Å². The molecule has 0 atom stereocenters. The molecule has 2 aromatic rings. The van der Waals surface area contributed by atoms with Gasteiger partial charge in [-0.05, 0) is 25.1 Å². The maximum atomic E-state index is 11.9. The van der Waals surface area contributed by atoms with E-state index in [1.54, 1.807) is 18.2 Å². The van der Waals surface area contributed by atoms with E-state index in [0.717, 1.165) is 11.6 Å². The van der Waals surface area contributed by atoms with E-state index in [-0.39, 0.29) is 11.3 Å². The Kier molecular flexibility index (Phi) is 6.44. The molecule has 2 aromatic carbocycles. The summed E-state index contributed by atoms with van der Waals surface area (Å²) in [6.45, 7) is 2.35. The van der Waals surface area contributed by atoms with Crippen molar-refractivity contribution in [3.63, 3.8) is 0 Å². The van der Waals surface area contributed by atoms with Crippen LogP contribution in [-0.2, 0) is 4.79 Å². The van der Waals surface area contributed by atoms with E-state index < -0.39 is 16.7 Å². The van der Waals surface area contributed by atoms with Crippen LogP contribution in [0.4, 0.5) is 5.69 Å². The Labute approximate surface area is 149 Å². The maximum absolute atomic E-state index is 11.9. The van der Waals surface area contributed by atoms with Crippen molar-refractivity contribution in [1.29, 1.82) is 0 Å². The van der Waals surface area contributed by atoms with Gasteiger partial charge in [0.1, 0.15) is 5.75 Å². The van der Waals surface area contributed by atoms with Gasteiger partial charge in [-0.1, -0.05) is 24.3 Å². The van der Waals surface area contributed by atoms with Gasteiger partial charge < -0.3 is 4.74 Å². The number of hydrogen-bond donors (Lipinski definition) is 2. The molecule has 8 heteroatoms. The molecule has 0 heterocycles. The molecule has 8 nitrogen and oxygen atoms in total. The second kappa shape index (κ2) is 8.97. The summed E-state index contributed by atoms with van der Waals surface area (Å²) in [5.41, 5.74) is 4.98.